The van der Waals surface area contributed by atoms with Crippen molar-refractivity contribution in [2.24, 2.45) is 0 Å². The van der Waals surface area contributed by atoms with Gasteiger partial charge >= 0.3 is 5.97 Å². The van der Waals surface area contributed by atoms with Crippen LogP contribution in [0.15, 0.2) is 48.5 Å². The smallest absolute Gasteiger partial charge is 0.328 e. The van der Waals surface area contributed by atoms with E-state index in [4.69, 9.17) is 5.11 Å². The lowest BCUT2D eigenvalue weighted by atomic mass is 9.63. The molecule has 0 unspecified atom stereocenters. The van der Waals surface area contributed by atoms with Gasteiger partial charge in [0.05, 0.1) is 0 Å². The summed E-state index contributed by atoms with van der Waals surface area (Å²) in [6.07, 6.45) is 4.76. The normalized spacial score (nSPS) is 17.1. The van der Waals surface area contributed by atoms with Crippen LogP contribution in [0, 0.1) is 0 Å². The van der Waals surface area contributed by atoms with E-state index >= 15 is 0 Å². The van der Waals surface area contributed by atoms with Crippen molar-refractivity contribution in [2.45, 2.75) is 51.4 Å². The molecule has 0 fully saturated rings. The Balaban J connectivity index is 1.92. The maximum absolute atomic E-state index is 12.9. The molecule has 0 aliphatic heterocycles. The molecule has 0 heterocycles. The SMILES string of the molecule is CC1(C)CCC(C)(C)c2cc(C(=O)Nc3ccccc3C=CC(=O)O)ccc21. The number of anilines is 1. The molecule has 2 aromatic rings. The average Bonchev–Trinajstić information content (AvgIpc) is 2.64. The molecule has 1 aliphatic carbocycles. The fraction of sp³-hybridized carbons (Fsp3) is 0.333. The van der Waals surface area contributed by atoms with Gasteiger partial charge in [0.2, 0.25) is 0 Å². The summed E-state index contributed by atoms with van der Waals surface area (Å²) in [5.41, 5.74) is 4.53. The van der Waals surface area contributed by atoms with Crippen molar-refractivity contribution in [1.82, 2.24) is 0 Å². The number of carboxylic acid groups (broad SMARTS) is 1. The molecule has 0 spiro atoms. The number of aliphatic carboxylic acids is 1. The molecular weight excluding hydrogens is 350 g/mol. The molecule has 2 N–H and O–H groups in total. The molecule has 0 aromatic heterocycles. The van der Waals surface area contributed by atoms with Gasteiger partial charge in [-0.15, -0.1) is 0 Å². The first kappa shape index (κ1) is 19.9. The van der Waals surface area contributed by atoms with E-state index in [0.29, 0.717) is 16.8 Å². The number of amides is 1. The number of nitrogens with one attached hydrogen (secondary N) is 1. The largest absolute Gasteiger partial charge is 0.478 e. The second kappa shape index (κ2) is 7.27. The van der Waals surface area contributed by atoms with E-state index in [9.17, 15) is 9.59 Å². The molecule has 1 aliphatic rings. The van der Waals surface area contributed by atoms with Gasteiger partial charge in [-0.25, -0.2) is 4.79 Å². The van der Waals surface area contributed by atoms with Gasteiger partial charge < -0.3 is 10.4 Å². The zero-order chi connectivity index (χ0) is 20.5. The maximum Gasteiger partial charge on any atom is 0.328 e. The molecule has 3 rings (SSSR count). The molecule has 0 radical (unpaired) electrons. The van der Waals surface area contributed by atoms with Crippen molar-refractivity contribution in [3.05, 3.63) is 70.8 Å². The number of hydrogen-bond donors (Lipinski definition) is 2. The van der Waals surface area contributed by atoms with Crippen molar-refractivity contribution in [2.75, 3.05) is 5.32 Å². The van der Waals surface area contributed by atoms with Crippen LogP contribution in [0.2, 0.25) is 0 Å². The minimum atomic E-state index is -1.03. The molecule has 0 saturated carbocycles. The van der Waals surface area contributed by atoms with E-state index in [1.807, 2.05) is 18.2 Å². The number of carbonyl (C=O) groups is 2. The van der Waals surface area contributed by atoms with Gasteiger partial charge in [-0.2, -0.15) is 0 Å². The molecule has 0 saturated heterocycles. The van der Waals surface area contributed by atoms with E-state index in [-0.39, 0.29) is 16.7 Å². The van der Waals surface area contributed by atoms with Gasteiger partial charge in [-0.05, 0) is 64.6 Å². The van der Waals surface area contributed by atoms with Gasteiger partial charge in [-0.1, -0.05) is 52.0 Å². The summed E-state index contributed by atoms with van der Waals surface area (Å²) in [7, 11) is 0. The Bertz CT molecular complexity index is 954. The lowest BCUT2D eigenvalue weighted by molar-refractivity contribution is -0.131. The maximum atomic E-state index is 12.9. The number of carbonyl (C=O) groups excluding carboxylic acids is 1. The third kappa shape index (κ3) is 4.01. The monoisotopic (exact) mass is 377 g/mol. The zero-order valence-corrected chi connectivity index (χ0v) is 16.9. The highest BCUT2D eigenvalue weighted by atomic mass is 16.4. The second-order valence-electron chi connectivity index (χ2n) is 8.74. The van der Waals surface area contributed by atoms with Crippen molar-refractivity contribution in [3.63, 3.8) is 0 Å². The highest BCUT2D eigenvalue weighted by molar-refractivity contribution is 6.05. The van der Waals surface area contributed by atoms with Crippen LogP contribution in [-0.4, -0.2) is 17.0 Å². The minimum Gasteiger partial charge on any atom is -0.478 e. The number of fused-ring (bicyclic) bond motifs is 1. The van der Waals surface area contributed by atoms with Crippen LogP contribution >= 0.6 is 0 Å². The summed E-state index contributed by atoms with van der Waals surface area (Å²) in [5, 5.41) is 11.8. The summed E-state index contributed by atoms with van der Waals surface area (Å²) in [4.78, 5) is 23.7. The Morgan fingerprint density at radius 2 is 1.61 bits per heavy atom. The van der Waals surface area contributed by atoms with E-state index in [0.717, 1.165) is 18.9 Å². The number of para-hydroxylation sites is 1. The standard InChI is InChI=1S/C24H27NO3/c1-23(2)13-14-24(3,4)19-15-17(9-11-18(19)23)22(28)25-20-8-6-5-7-16(20)10-12-21(26)27/h5-12,15H,13-14H2,1-4H3,(H,25,28)(H,26,27). The topological polar surface area (TPSA) is 66.4 Å². The number of hydrogen-bond acceptors (Lipinski definition) is 2. The highest BCUT2D eigenvalue weighted by Gasteiger charge is 2.37. The molecular formula is C24H27NO3. The molecule has 4 nitrogen and oxygen atoms in total. The Kier molecular flexibility index (Phi) is 5.16. The first-order valence-corrected chi connectivity index (χ1v) is 9.57. The molecule has 1 amide bonds. The Labute approximate surface area is 166 Å². The molecule has 4 heteroatoms. The van der Waals surface area contributed by atoms with Crippen LogP contribution in [-0.2, 0) is 15.6 Å². The molecule has 28 heavy (non-hydrogen) atoms. The van der Waals surface area contributed by atoms with Gasteiger partial charge in [-0.3, -0.25) is 4.79 Å². The fourth-order valence-corrected chi connectivity index (χ4v) is 3.84. The third-order valence-corrected chi connectivity index (χ3v) is 5.73. The van der Waals surface area contributed by atoms with Crippen molar-refractivity contribution < 1.29 is 14.7 Å². The predicted octanol–water partition coefficient (Wildman–Crippen LogP) is 5.39. The van der Waals surface area contributed by atoms with Crippen molar-refractivity contribution in [1.29, 1.82) is 0 Å². The summed E-state index contributed by atoms with van der Waals surface area (Å²) >= 11 is 0. The number of benzene rings is 2. The summed E-state index contributed by atoms with van der Waals surface area (Å²) in [5.74, 6) is -1.22. The molecule has 146 valence electrons. The van der Waals surface area contributed by atoms with E-state index in [1.54, 1.807) is 18.2 Å². The Hall–Kier alpha value is -2.88. The first-order chi connectivity index (χ1) is 13.1. The summed E-state index contributed by atoms with van der Waals surface area (Å²) in [6, 6.07) is 13.1. The van der Waals surface area contributed by atoms with Gasteiger partial charge in [0.25, 0.3) is 5.91 Å². The minimum absolute atomic E-state index is 0.0310. The predicted molar refractivity (Wildman–Crippen MR) is 113 cm³/mol. The second-order valence-corrected chi connectivity index (χ2v) is 8.74. The summed E-state index contributed by atoms with van der Waals surface area (Å²) in [6.45, 7) is 8.97. The Morgan fingerprint density at radius 1 is 0.964 bits per heavy atom. The average molecular weight is 377 g/mol. The molecule has 2 aromatic carbocycles. The lowest BCUT2D eigenvalue weighted by Crippen LogP contribution is -2.34. The van der Waals surface area contributed by atoms with E-state index in [1.165, 1.54) is 17.2 Å². The fourth-order valence-electron chi connectivity index (χ4n) is 3.84. The first-order valence-electron chi connectivity index (χ1n) is 9.57. The van der Waals surface area contributed by atoms with Gasteiger partial charge in [0.1, 0.15) is 0 Å². The zero-order valence-electron chi connectivity index (χ0n) is 16.9. The quantitative estimate of drug-likeness (QED) is 0.703. The number of rotatable bonds is 4. The lowest BCUT2D eigenvalue weighted by Gasteiger charge is -2.42. The summed E-state index contributed by atoms with van der Waals surface area (Å²) < 4.78 is 0. The third-order valence-electron chi connectivity index (χ3n) is 5.73. The van der Waals surface area contributed by atoms with Crippen LogP contribution in [0.4, 0.5) is 5.69 Å². The van der Waals surface area contributed by atoms with Crippen LogP contribution in [0.1, 0.15) is 67.6 Å². The van der Waals surface area contributed by atoms with Crippen LogP contribution < -0.4 is 5.32 Å². The van der Waals surface area contributed by atoms with Crippen molar-refractivity contribution >= 4 is 23.6 Å². The van der Waals surface area contributed by atoms with E-state index < -0.39 is 5.97 Å². The van der Waals surface area contributed by atoms with Crippen LogP contribution in [0.25, 0.3) is 6.08 Å². The number of carboxylic acids is 1. The van der Waals surface area contributed by atoms with Crippen LogP contribution in [0.3, 0.4) is 0 Å². The van der Waals surface area contributed by atoms with Crippen LogP contribution in [0.5, 0.6) is 0 Å². The van der Waals surface area contributed by atoms with E-state index in [2.05, 4.69) is 39.1 Å². The van der Waals surface area contributed by atoms with Gasteiger partial charge in [0, 0.05) is 17.3 Å². The molecule has 0 atom stereocenters. The molecule has 0 bridgehead atoms. The highest BCUT2D eigenvalue weighted by Crippen LogP contribution is 2.45. The Morgan fingerprint density at radius 3 is 2.29 bits per heavy atom. The van der Waals surface area contributed by atoms with Crippen molar-refractivity contribution in [3.8, 4) is 0 Å². The van der Waals surface area contributed by atoms with Gasteiger partial charge in [0.15, 0.2) is 0 Å².